The van der Waals surface area contributed by atoms with Gasteiger partial charge in [0.2, 0.25) is 0 Å². The minimum absolute atomic E-state index is 0.0840. The zero-order valence-electron chi connectivity index (χ0n) is 16.5. The average Bonchev–Trinajstić information content (AvgIpc) is 3.41. The number of fused-ring (bicyclic) bond motifs is 1. The standard InChI is InChI=1S/C20H26ClN5O3/c1-13-8-24(9-15-2-3-17(21)29-15)10-16(13)19-22-18-11-25(12-26(18)20(27)23-19)14-4-6-28-7-5-14/h2-3,11,13-14,16H,4-10,12H2,1H3,(H,22,23,27). The summed E-state index contributed by atoms with van der Waals surface area (Å²) in [6.07, 6.45) is 4.01. The molecule has 2 atom stereocenters. The first-order valence-electron chi connectivity index (χ1n) is 10.3. The molecule has 1 aromatic rings. The Labute approximate surface area is 175 Å². The van der Waals surface area contributed by atoms with Gasteiger partial charge in [-0.2, -0.15) is 0 Å². The molecule has 0 radical (unpaired) electrons. The number of carbonyl (C=O) groups excluding carboxylic acids is 1. The van der Waals surface area contributed by atoms with Crippen LogP contribution in [0.1, 0.15) is 25.5 Å². The first kappa shape index (κ1) is 19.0. The molecule has 5 heterocycles. The molecule has 8 nitrogen and oxygen atoms in total. The molecule has 156 valence electrons. The second-order valence-electron chi connectivity index (χ2n) is 8.33. The topological polar surface area (TPSA) is 73.6 Å². The number of urea groups is 1. The van der Waals surface area contributed by atoms with Crippen LogP contribution in [-0.2, 0) is 11.3 Å². The van der Waals surface area contributed by atoms with Crippen molar-refractivity contribution in [3.8, 4) is 0 Å². The summed E-state index contributed by atoms with van der Waals surface area (Å²) >= 11 is 5.89. The summed E-state index contributed by atoms with van der Waals surface area (Å²) in [5.41, 5.74) is 0. The van der Waals surface area contributed by atoms with E-state index in [1.165, 1.54) is 0 Å². The summed E-state index contributed by atoms with van der Waals surface area (Å²) in [4.78, 5) is 23.9. The highest BCUT2D eigenvalue weighted by molar-refractivity contribution is 6.28. The molecule has 0 aliphatic carbocycles. The number of hydrogen-bond donors (Lipinski definition) is 1. The van der Waals surface area contributed by atoms with Crippen LogP contribution < -0.4 is 5.32 Å². The van der Waals surface area contributed by atoms with Crippen LogP contribution >= 0.6 is 11.6 Å². The third-order valence-electron chi connectivity index (χ3n) is 6.29. The molecule has 2 amide bonds. The molecule has 5 rings (SSSR count). The smallest absolute Gasteiger partial charge is 0.329 e. The monoisotopic (exact) mass is 419 g/mol. The van der Waals surface area contributed by atoms with Crippen molar-refractivity contribution < 1.29 is 13.9 Å². The first-order valence-corrected chi connectivity index (χ1v) is 10.6. The van der Waals surface area contributed by atoms with E-state index in [-0.39, 0.29) is 11.9 Å². The highest BCUT2D eigenvalue weighted by atomic mass is 35.5. The average molecular weight is 420 g/mol. The SMILES string of the molecule is CC1CN(Cc2ccc(Cl)o2)CC1C1=NC2=CN(C3CCOCC3)CN2C(=O)N1. The molecule has 9 heteroatoms. The third kappa shape index (κ3) is 3.76. The number of carbonyl (C=O) groups is 1. The van der Waals surface area contributed by atoms with Gasteiger partial charge in [-0.15, -0.1) is 0 Å². The molecule has 4 aliphatic rings. The Bertz CT molecular complexity index is 847. The predicted octanol–water partition coefficient (Wildman–Crippen LogP) is 2.68. The van der Waals surface area contributed by atoms with Crippen LogP contribution in [0, 0.1) is 11.8 Å². The largest absolute Gasteiger partial charge is 0.448 e. The van der Waals surface area contributed by atoms with Crippen molar-refractivity contribution in [1.29, 1.82) is 0 Å². The van der Waals surface area contributed by atoms with Crippen LogP contribution in [0.4, 0.5) is 4.79 Å². The van der Waals surface area contributed by atoms with Gasteiger partial charge in [0.15, 0.2) is 11.0 Å². The van der Waals surface area contributed by atoms with Gasteiger partial charge < -0.3 is 14.1 Å². The second kappa shape index (κ2) is 7.66. The van der Waals surface area contributed by atoms with Gasteiger partial charge in [0.1, 0.15) is 18.3 Å². The number of nitrogens with zero attached hydrogens (tertiary/aromatic N) is 4. The highest BCUT2D eigenvalue weighted by Crippen LogP contribution is 2.31. The van der Waals surface area contributed by atoms with E-state index in [1.807, 2.05) is 12.3 Å². The number of furan rings is 1. The van der Waals surface area contributed by atoms with E-state index in [0.717, 1.165) is 56.6 Å². The number of halogens is 1. The van der Waals surface area contributed by atoms with Crippen molar-refractivity contribution in [3.05, 3.63) is 35.1 Å². The molecule has 0 aromatic carbocycles. The van der Waals surface area contributed by atoms with Crippen LogP contribution in [0.3, 0.4) is 0 Å². The maximum atomic E-state index is 12.8. The van der Waals surface area contributed by atoms with E-state index in [9.17, 15) is 4.79 Å². The number of rotatable bonds is 4. The van der Waals surface area contributed by atoms with Crippen molar-refractivity contribution in [2.45, 2.75) is 32.4 Å². The van der Waals surface area contributed by atoms with E-state index in [0.29, 0.717) is 30.4 Å². The van der Waals surface area contributed by atoms with Crippen molar-refractivity contribution in [2.24, 2.45) is 16.8 Å². The van der Waals surface area contributed by atoms with Crippen molar-refractivity contribution >= 4 is 23.5 Å². The second-order valence-corrected chi connectivity index (χ2v) is 8.70. The molecular weight excluding hydrogens is 394 g/mol. The zero-order valence-corrected chi connectivity index (χ0v) is 17.3. The Hall–Kier alpha value is -2.03. The Morgan fingerprint density at radius 3 is 2.86 bits per heavy atom. The Kier molecular flexibility index (Phi) is 5.01. The molecule has 1 N–H and O–H groups in total. The fraction of sp³-hybridized carbons (Fsp3) is 0.600. The molecule has 0 spiro atoms. The van der Waals surface area contributed by atoms with Crippen LogP contribution in [0.25, 0.3) is 0 Å². The van der Waals surface area contributed by atoms with Crippen LogP contribution in [0.5, 0.6) is 0 Å². The van der Waals surface area contributed by atoms with Gasteiger partial charge >= 0.3 is 6.03 Å². The molecular formula is C20H26ClN5O3. The number of aliphatic imine (C=N–C) groups is 1. The Balaban J connectivity index is 1.29. The lowest BCUT2D eigenvalue weighted by Gasteiger charge is -2.32. The highest BCUT2D eigenvalue weighted by Gasteiger charge is 2.40. The summed E-state index contributed by atoms with van der Waals surface area (Å²) in [5, 5.41) is 3.46. The maximum Gasteiger partial charge on any atom is 0.329 e. The minimum atomic E-state index is -0.0840. The first-order chi connectivity index (χ1) is 14.1. The van der Waals surface area contributed by atoms with E-state index < -0.39 is 0 Å². The van der Waals surface area contributed by atoms with E-state index >= 15 is 0 Å². The molecule has 0 saturated carbocycles. The number of ether oxygens (including phenoxy) is 1. The number of amidine groups is 1. The fourth-order valence-corrected chi connectivity index (χ4v) is 4.87. The van der Waals surface area contributed by atoms with Gasteiger partial charge in [-0.1, -0.05) is 6.92 Å². The van der Waals surface area contributed by atoms with Crippen molar-refractivity contribution in [3.63, 3.8) is 0 Å². The maximum absolute atomic E-state index is 12.8. The summed E-state index contributed by atoms with van der Waals surface area (Å²) in [6.45, 7) is 6.79. The van der Waals surface area contributed by atoms with Crippen LogP contribution in [0.2, 0.25) is 5.22 Å². The summed E-state index contributed by atoms with van der Waals surface area (Å²) < 4.78 is 11.0. The summed E-state index contributed by atoms with van der Waals surface area (Å²) in [6, 6.07) is 4.00. The van der Waals surface area contributed by atoms with Gasteiger partial charge in [0, 0.05) is 44.5 Å². The number of amides is 2. The molecule has 0 bridgehead atoms. The number of nitrogens with one attached hydrogen (secondary N) is 1. The normalized spacial score (nSPS) is 28.4. The van der Waals surface area contributed by atoms with E-state index in [2.05, 4.69) is 22.0 Å². The van der Waals surface area contributed by atoms with Crippen molar-refractivity contribution in [2.75, 3.05) is 33.0 Å². The van der Waals surface area contributed by atoms with Crippen molar-refractivity contribution in [1.82, 2.24) is 20.0 Å². The Morgan fingerprint density at radius 1 is 1.28 bits per heavy atom. The molecule has 2 unspecified atom stereocenters. The fourth-order valence-electron chi connectivity index (χ4n) is 4.70. The lowest BCUT2D eigenvalue weighted by Crippen LogP contribution is -2.50. The predicted molar refractivity (Wildman–Crippen MR) is 108 cm³/mol. The van der Waals surface area contributed by atoms with Gasteiger partial charge in [0.25, 0.3) is 0 Å². The summed E-state index contributed by atoms with van der Waals surface area (Å²) in [5.74, 6) is 2.95. The zero-order chi connectivity index (χ0) is 20.0. The lowest BCUT2D eigenvalue weighted by atomic mass is 9.96. The van der Waals surface area contributed by atoms with Crippen LogP contribution in [-0.4, -0.2) is 65.6 Å². The number of hydrogen-bond acceptors (Lipinski definition) is 6. The van der Waals surface area contributed by atoms with Gasteiger partial charge in [-0.25, -0.2) is 9.79 Å². The van der Waals surface area contributed by atoms with E-state index in [1.54, 1.807) is 11.0 Å². The molecule has 29 heavy (non-hydrogen) atoms. The molecule has 2 fully saturated rings. The van der Waals surface area contributed by atoms with Gasteiger partial charge in [-0.05, 0) is 42.5 Å². The Morgan fingerprint density at radius 2 is 2.10 bits per heavy atom. The molecule has 1 aromatic heterocycles. The quantitative estimate of drug-likeness (QED) is 0.812. The third-order valence-corrected chi connectivity index (χ3v) is 6.49. The lowest BCUT2D eigenvalue weighted by molar-refractivity contribution is 0.0459. The van der Waals surface area contributed by atoms with Gasteiger partial charge in [-0.3, -0.25) is 15.1 Å². The van der Waals surface area contributed by atoms with Gasteiger partial charge in [0.05, 0.1) is 6.54 Å². The molecule has 4 aliphatic heterocycles. The van der Waals surface area contributed by atoms with E-state index in [4.69, 9.17) is 25.7 Å². The number of likely N-dealkylation sites (tertiary alicyclic amines) is 1. The minimum Gasteiger partial charge on any atom is -0.448 e. The molecule has 2 saturated heterocycles. The summed E-state index contributed by atoms with van der Waals surface area (Å²) in [7, 11) is 0. The van der Waals surface area contributed by atoms with Crippen LogP contribution in [0.15, 0.2) is 33.6 Å².